The van der Waals surface area contributed by atoms with E-state index in [-0.39, 0.29) is 0 Å². The zero-order valence-corrected chi connectivity index (χ0v) is 9.10. The fourth-order valence-electron chi connectivity index (χ4n) is 1.60. The molecule has 1 unspecified atom stereocenters. The molecular formula is C11H24O. The predicted octanol–water partition coefficient (Wildman–Crippen LogP) is 3.49. The highest BCUT2D eigenvalue weighted by Gasteiger charge is 2.14. The van der Waals surface area contributed by atoms with Gasteiger partial charge in [-0.25, -0.2) is 0 Å². The minimum absolute atomic E-state index is 0.849. The average Bonchev–Trinajstić information content (AvgIpc) is 2.35. The molecule has 1 saturated heterocycles. The Morgan fingerprint density at radius 1 is 1.08 bits per heavy atom. The molecule has 0 saturated carbocycles. The molecule has 0 aliphatic carbocycles. The van der Waals surface area contributed by atoms with E-state index in [2.05, 4.69) is 13.8 Å². The van der Waals surface area contributed by atoms with E-state index in [1.54, 1.807) is 0 Å². The Morgan fingerprint density at radius 3 is 2.33 bits per heavy atom. The van der Waals surface area contributed by atoms with Crippen molar-refractivity contribution in [1.82, 2.24) is 0 Å². The lowest BCUT2D eigenvalue weighted by Gasteiger charge is -2.16. The third kappa shape index (κ3) is 4.76. The van der Waals surface area contributed by atoms with Gasteiger partial charge < -0.3 is 4.74 Å². The van der Waals surface area contributed by atoms with Gasteiger partial charge >= 0.3 is 0 Å². The Labute approximate surface area is 77.5 Å². The van der Waals surface area contributed by atoms with E-state index in [1.807, 2.05) is 13.8 Å². The first-order valence-corrected chi connectivity index (χ1v) is 5.38. The number of hydrogen-bond acceptors (Lipinski definition) is 1. The lowest BCUT2D eigenvalue weighted by atomic mass is 9.89. The van der Waals surface area contributed by atoms with Crippen LogP contribution in [0.3, 0.4) is 0 Å². The third-order valence-electron chi connectivity index (χ3n) is 2.44. The Morgan fingerprint density at radius 2 is 1.75 bits per heavy atom. The summed E-state index contributed by atoms with van der Waals surface area (Å²) in [7, 11) is 0. The molecule has 1 rings (SSSR count). The van der Waals surface area contributed by atoms with Gasteiger partial charge in [0.15, 0.2) is 0 Å². The second-order valence-electron chi connectivity index (χ2n) is 3.55. The summed E-state index contributed by atoms with van der Waals surface area (Å²) >= 11 is 0. The van der Waals surface area contributed by atoms with E-state index in [0.717, 1.165) is 25.0 Å². The molecule has 74 valence electrons. The predicted molar refractivity (Wildman–Crippen MR) is 54.3 cm³/mol. The molecule has 0 N–H and O–H groups in total. The summed E-state index contributed by atoms with van der Waals surface area (Å²) in [4.78, 5) is 0. The Bertz CT molecular complexity index is 81.0. The minimum atomic E-state index is 0.849. The molecule has 1 heterocycles. The second-order valence-corrected chi connectivity index (χ2v) is 3.55. The second kappa shape index (κ2) is 7.60. The van der Waals surface area contributed by atoms with Gasteiger partial charge in [0.1, 0.15) is 0 Å². The van der Waals surface area contributed by atoms with Gasteiger partial charge in [-0.3, -0.25) is 0 Å². The van der Waals surface area contributed by atoms with E-state index < -0.39 is 0 Å². The summed E-state index contributed by atoms with van der Waals surface area (Å²) in [5, 5.41) is 0. The van der Waals surface area contributed by atoms with Crippen LogP contribution in [0.2, 0.25) is 0 Å². The zero-order valence-electron chi connectivity index (χ0n) is 9.10. The number of rotatable bonds is 1. The standard InChI is InChI=1S/C9H18O.C2H6/c1-8(2)9-4-3-6-10-7-5-9;1-2/h8-9H,3-7H2,1-2H3;1-2H3. The largest absolute Gasteiger partial charge is 0.381 e. The first kappa shape index (κ1) is 12.0. The van der Waals surface area contributed by atoms with Crippen LogP contribution in [-0.2, 0) is 4.74 Å². The van der Waals surface area contributed by atoms with Crippen LogP contribution in [-0.4, -0.2) is 13.2 Å². The molecule has 0 aromatic rings. The van der Waals surface area contributed by atoms with Crippen molar-refractivity contribution in [2.24, 2.45) is 11.8 Å². The molecule has 1 fully saturated rings. The van der Waals surface area contributed by atoms with Gasteiger partial charge in [0.25, 0.3) is 0 Å². The Balaban J connectivity index is 0.000000561. The molecule has 0 aromatic heterocycles. The maximum atomic E-state index is 5.37. The maximum Gasteiger partial charge on any atom is 0.0468 e. The molecule has 1 aliphatic heterocycles. The summed E-state index contributed by atoms with van der Waals surface area (Å²) in [6.07, 6.45) is 3.91. The summed E-state index contributed by atoms with van der Waals surface area (Å²) in [6.45, 7) is 10.6. The lowest BCUT2D eigenvalue weighted by Crippen LogP contribution is -2.08. The average molecular weight is 172 g/mol. The highest BCUT2D eigenvalue weighted by Crippen LogP contribution is 2.22. The molecule has 0 spiro atoms. The Hall–Kier alpha value is -0.0400. The summed E-state index contributed by atoms with van der Waals surface area (Å²) in [5.41, 5.74) is 0. The van der Waals surface area contributed by atoms with Crippen LogP contribution in [0, 0.1) is 11.8 Å². The topological polar surface area (TPSA) is 9.23 Å². The molecule has 12 heavy (non-hydrogen) atoms. The highest BCUT2D eigenvalue weighted by atomic mass is 16.5. The summed E-state index contributed by atoms with van der Waals surface area (Å²) in [5.74, 6) is 1.77. The van der Waals surface area contributed by atoms with E-state index in [4.69, 9.17) is 4.74 Å². The molecule has 1 nitrogen and oxygen atoms in total. The summed E-state index contributed by atoms with van der Waals surface area (Å²) < 4.78 is 5.37. The first-order valence-electron chi connectivity index (χ1n) is 5.38. The van der Waals surface area contributed by atoms with Crippen molar-refractivity contribution >= 4 is 0 Å². The van der Waals surface area contributed by atoms with E-state index in [1.165, 1.54) is 19.3 Å². The van der Waals surface area contributed by atoms with E-state index in [0.29, 0.717) is 0 Å². The highest BCUT2D eigenvalue weighted by molar-refractivity contribution is 4.65. The minimum Gasteiger partial charge on any atom is -0.381 e. The van der Waals surface area contributed by atoms with Crippen LogP contribution in [0.15, 0.2) is 0 Å². The van der Waals surface area contributed by atoms with Crippen molar-refractivity contribution in [3.05, 3.63) is 0 Å². The molecule has 0 amide bonds. The molecule has 1 aliphatic rings. The SMILES string of the molecule is CC.CC(C)C1CCCOCC1. The van der Waals surface area contributed by atoms with Gasteiger partial charge in [0.05, 0.1) is 0 Å². The van der Waals surface area contributed by atoms with Crippen molar-refractivity contribution in [2.75, 3.05) is 13.2 Å². The quantitative estimate of drug-likeness (QED) is 0.588. The van der Waals surface area contributed by atoms with Crippen LogP contribution in [0.25, 0.3) is 0 Å². The maximum absolute atomic E-state index is 5.37. The van der Waals surface area contributed by atoms with Crippen molar-refractivity contribution in [3.8, 4) is 0 Å². The third-order valence-corrected chi connectivity index (χ3v) is 2.44. The van der Waals surface area contributed by atoms with Gasteiger partial charge in [0.2, 0.25) is 0 Å². The van der Waals surface area contributed by atoms with Crippen molar-refractivity contribution < 1.29 is 4.74 Å². The van der Waals surface area contributed by atoms with Gasteiger partial charge in [-0.1, -0.05) is 27.7 Å². The monoisotopic (exact) mass is 172 g/mol. The van der Waals surface area contributed by atoms with Crippen LogP contribution < -0.4 is 0 Å². The van der Waals surface area contributed by atoms with Gasteiger partial charge in [-0.2, -0.15) is 0 Å². The molecule has 1 atom stereocenters. The number of hydrogen-bond donors (Lipinski definition) is 0. The van der Waals surface area contributed by atoms with Gasteiger partial charge in [-0.15, -0.1) is 0 Å². The van der Waals surface area contributed by atoms with Crippen molar-refractivity contribution in [1.29, 1.82) is 0 Å². The molecule has 0 radical (unpaired) electrons. The summed E-state index contributed by atoms with van der Waals surface area (Å²) in [6, 6.07) is 0. The Kier molecular flexibility index (Phi) is 7.58. The van der Waals surface area contributed by atoms with Crippen LogP contribution in [0.5, 0.6) is 0 Å². The molecular weight excluding hydrogens is 148 g/mol. The van der Waals surface area contributed by atoms with Crippen molar-refractivity contribution in [3.63, 3.8) is 0 Å². The fourth-order valence-corrected chi connectivity index (χ4v) is 1.60. The number of ether oxygens (including phenoxy) is 1. The first-order chi connectivity index (χ1) is 5.80. The normalized spacial score (nSPS) is 24.2. The van der Waals surface area contributed by atoms with E-state index >= 15 is 0 Å². The molecule has 0 aromatic carbocycles. The van der Waals surface area contributed by atoms with Crippen molar-refractivity contribution in [2.45, 2.75) is 47.0 Å². The van der Waals surface area contributed by atoms with Crippen LogP contribution >= 0.6 is 0 Å². The zero-order chi connectivity index (χ0) is 9.40. The van der Waals surface area contributed by atoms with Crippen LogP contribution in [0.1, 0.15) is 47.0 Å². The molecule has 1 heteroatoms. The van der Waals surface area contributed by atoms with Crippen LogP contribution in [0.4, 0.5) is 0 Å². The smallest absolute Gasteiger partial charge is 0.0468 e. The fraction of sp³-hybridized carbons (Fsp3) is 1.00. The van der Waals surface area contributed by atoms with Gasteiger partial charge in [-0.05, 0) is 31.1 Å². The molecule has 0 bridgehead atoms. The van der Waals surface area contributed by atoms with Gasteiger partial charge in [0, 0.05) is 13.2 Å². The lowest BCUT2D eigenvalue weighted by molar-refractivity contribution is 0.139. The van der Waals surface area contributed by atoms with E-state index in [9.17, 15) is 0 Å².